The van der Waals surface area contributed by atoms with Gasteiger partial charge in [0.05, 0.1) is 0 Å². The predicted octanol–water partition coefficient (Wildman–Crippen LogP) is -1.22. The van der Waals surface area contributed by atoms with E-state index >= 15 is 0 Å². The summed E-state index contributed by atoms with van der Waals surface area (Å²) in [6, 6.07) is 0. The van der Waals surface area contributed by atoms with Crippen molar-refractivity contribution in [1.82, 2.24) is 0 Å². The molecular formula is H4O5V. The van der Waals surface area contributed by atoms with Crippen molar-refractivity contribution < 1.29 is 38.1 Å². The van der Waals surface area contributed by atoms with Crippen LogP contribution in [0, 0.1) is 0 Å². The topological polar surface area (TPSA) is 98.0 Å². The normalized spacial score (nSPS) is 5.33. The van der Waals surface area contributed by atoms with Crippen molar-refractivity contribution in [1.29, 1.82) is 0 Å². The summed E-state index contributed by atoms with van der Waals surface area (Å²) in [4.78, 5) is 0. The zero-order valence-electron chi connectivity index (χ0n) is 2.64. The maximum atomic E-state index is 8.78. The second kappa shape index (κ2) is 8.97. The monoisotopic (exact) mass is 135 g/mol. The molecule has 0 rings (SSSR count). The third-order valence-corrected chi connectivity index (χ3v) is 0. The van der Waals surface area contributed by atoms with Crippen LogP contribution in [-0.2, 0) is 19.5 Å². The van der Waals surface area contributed by atoms with Gasteiger partial charge in [0.15, 0.2) is 0 Å². The number of hydrogen-bond acceptors (Lipinski definition) is 3. The molecule has 0 heterocycles. The summed E-state index contributed by atoms with van der Waals surface area (Å²) in [5.41, 5.74) is 0. The molecule has 0 bridgehead atoms. The fourth-order valence-electron chi connectivity index (χ4n) is 0. The Bertz CT molecular complexity index is 26.9. The first-order chi connectivity index (χ1) is 2.73. The Morgan fingerprint density at radius 3 is 1.17 bits per heavy atom. The molecule has 0 aromatic heterocycles. The van der Waals surface area contributed by atoms with E-state index in [1.807, 2.05) is 0 Å². The van der Waals surface area contributed by atoms with Gasteiger partial charge in [-0.15, -0.1) is 0 Å². The summed E-state index contributed by atoms with van der Waals surface area (Å²) in [5, 5.41) is 12.0. The van der Waals surface area contributed by atoms with E-state index in [4.69, 9.17) is 22.3 Å². The van der Waals surface area contributed by atoms with Gasteiger partial charge in [-0.2, -0.15) is 0 Å². The first-order valence-electron chi connectivity index (χ1n) is 0.783. The molecule has 0 aromatic rings. The average Bonchev–Trinajstić information content (AvgIpc) is 1.41. The van der Waals surface area contributed by atoms with Crippen LogP contribution in [0.5, 0.6) is 0 Å². The van der Waals surface area contributed by atoms with Gasteiger partial charge in [0.1, 0.15) is 0 Å². The van der Waals surface area contributed by atoms with Crippen LogP contribution >= 0.6 is 0 Å². The van der Waals surface area contributed by atoms with Crippen LogP contribution in [0.15, 0.2) is 0 Å². The molecule has 0 fully saturated rings. The van der Waals surface area contributed by atoms with E-state index in [1.54, 1.807) is 0 Å². The molecule has 0 saturated heterocycles. The minimum absolute atomic E-state index is 3.44. The van der Waals surface area contributed by atoms with Crippen LogP contribution in [0.2, 0.25) is 0 Å². The Kier molecular flexibility index (Phi) is 14.2. The molecule has 0 atom stereocenters. The van der Waals surface area contributed by atoms with Crippen molar-refractivity contribution in [2.45, 2.75) is 0 Å². The molecule has 0 aromatic carbocycles. The van der Waals surface area contributed by atoms with Gasteiger partial charge in [-0.1, -0.05) is 0 Å². The first-order valence-corrected chi connectivity index (χ1v) is 2.60. The molecule has 39 valence electrons. The van der Waals surface area contributed by atoms with Gasteiger partial charge < -0.3 is 0 Å². The van der Waals surface area contributed by atoms with Gasteiger partial charge in [0.2, 0.25) is 0 Å². The Balaban J connectivity index is 0. The fourth-order valence-corrected chi connectivity index (χ4v) is 0. The van der Waals surface area contributed by atoms with E-state index in [1.165, 1.54) is 0 Å². The third-order valence-electron chi connectivity index (χ3n) is 0. The molecule has 0 unspecified atom stereocenters. The number of hydrogen-bond donors (Lipinski definition) is 4. The molecule has 0 spiro atoms. The van der Waals surface area contributed by atoms with Crippen molar-refractivity contribution in [2.24, 2.45) is 0 Å². The van der Waals surface area contributed by atoms with Crippen LogP contribution in [0.25, 0.3) is 0 Å². The van der Waals surface area contributed by atoms with Crippen molar-refractivity contribution in [2.75, 3.05) is 0 Å². The second-order valence-electron chi connectivity index (χ2n) is 0.253. The molecule has 0 aliphatic rings. The van der Waals surface area contributed by atoms with Crippen LogP contribution in [-0.4, -0.2) is 18.6 Å². The quantitative estimate of drug-likeness (QED) is 0.246. The molecule has 4 N–H and O–H groups in total. The molecule has 6 heavy (non-hydrogen) atoms. The van der Waals surface area contributed by atoms with Gasteiger partial charge >= 0.3 is 27.5 Å². The summed E-state index contributed by atoms with van der Waals surface area (Å²) in [5.74, 6) is 0. The Hall–Kier alpha value is 0.224. The average molecular weight is 135 g/mol. The van der Waals surface area contributed by atoms with E-state index in [-0.39, 0.29) is 0 Å². The fraction of sp³-hybridized carbons (Fsp3) is 0. The van der Waals surface area contributed by atoms with Crippen molar-refractivity contribution in [3.8, 4) is 0 Å². The molecule has 6 heteroatoms. The number of rotatable bonds is 0. The molecular weight excluding hydrogens is 131 g/mol. The molecule has 0 aliphatic carbocycles. The first kappa shape index (κ1) is 9.52. The van der Waals surface area contributed by atoms with Gasteiger partial charge in [0, 0.05) is 0 Å². The minimum atomic E-state index is -3.44. The van der Waals surface area contributed by atoms with Crippen molar-refractivity contribution in [3.05, 3.63) is 0 Å². The zero-order valence-corrected chi connectivity index (χ0v) is 4.04. The summed E-state index contributed by atoms with van der Waals surface area (Å²) in [6.07, 6.45) is 0. The van der Waals surface area contributed by atoms with E-state index in [0.29, 0.717) is 0 Å². The predicted molar refractivity (Wildman–Crippen MR) is 10.4 cm³/mol. The standard InChI is InChI=1S/H2O2.2H2O.O.V/c1-2;;;;/h1-2H;2*1H2;;/q;;;;+2/p-2. The van der Waals surface area contributed by atoms with Gasteiger partial charge in [0.25, 0.3) is 0 Å². The maximum absolute atomic E-state index is 8.78. The summed E-state index contributed by atoms with van der Waals surface area (Å²) >= 11 is -3.44. The van der Waals surface area contributed by atoms with Gasteiger partial charge in [-0.25, -0.2) is 0 Å². The van der Waals surface area contributed by atoms with Crippen molar-refractivity contribution in [3.63, 3.8) is 0 Å². The summed E-state index contributed by atoms with van der Waals surface area (Å²) in [7, 11) is 0. The van der Waals surface area contributed by atoms with E-state index < -0.39 is 15.8 Å². The molecule has 0 amide bonds. The van der Waals surface area contributed by atoms with Crippen molar-refractivity contribution >= 4 is 0 Å². The zero-order chi connectivity index (χ0) is 5.58. The van der Waals surface area contributed by atoms with Crippen LogP contribution < -0.4 is 0 Å². The SMILES string of the molecule is OO.[O]=[V]([OH])[OH]. The second-order valence-corrected chi connectivity index (χ2v) is 1.04. The Morgan fingerprint density at radius 2 is 1.17 bits per heavy atom. The Labute approximate surface area is 38.9 Å². The molecule has 5 nitrogen and oxygen atoms in total. The van der Waals surface area contributed by atoms with Crippen LogP contribution in [0.1, 0.15) is 0 Å². The van der Waals surface area contributed by atoms with Gasteiger partial charge in [-0.05, 0) is 0 Å². The van der Waals surface area contributed by atoms with E-state index in [0.717, 1.165) is 0 Å². The van der Waals surface area contributed by atoms with E-state index in [2.05, 4.69) is 0 Å². The molecule has 0 radical (unpaired) electrons. The molecule has 0 aliphatic heterocycles. The van der Waals surface area contributed by atoms with E-state index in [9.17, 15) is 0 Å². The third kappa shape index (κ3) is 872. The Morgan fingerprint density at radius 1 is 1.17 bits per heavy atom. The van der Waals surface area contributed by atoms with Gasteiger partial charge in [-0.3, -0.25) is 10.5 Å². The van der Waals surface area contributed by atoms with Crippen LogP contribution in [0.4, 0.5) is 0 Å². The summed E-state index contributed by atoms with van der Waals surface area (Å²) in [6.45, 7) is 0. The molecule has 0 saturated carbocycles. The van der Waals surface area contributed by atoms with Crippen LogP contribution in [0.3, 0.4) is 0 Å². The summed E-state index contributed by atoms with van der Waals surface area (Å²) < 4.78 is 23.2.